The predicted octanol–water partition coefficient (Wildman–Crippen LogP) is 0.205. The molecule has 26 heavy (non-hydrogen) atoms. The van der Waals surface area contributed by atoms with Crippen LogP contribution in [-0.2, 0) is 34.3 Å². The fraction of sp³-hybridized carbons (Fsp3) is 0.533. The zero-order valence-corrected chi connectivity index (χ0v) is 16.6. The number of anilines is 1. The minimum absolute atomic E-state index is 0.0238. The lowest BCUT2D eigenvalue weighted by molar-refractivity contribution is -0.119. The molecule has 146 valence electrons. The zero-order valence-electron chi connectivity index (χ0n) is 14.9. The molecule has 1 aromatic rings. The third kappa shape index (κ3) is 4.07. The van der Waals surface area contributed by atoms with E-state index >= 15 is 0 Å². The molecular weight excluding hydrogens is 384 g/mol. The summed E-state index contributed by atoms with van der Waals surface area (Å²) in [6.07, 6.45) is -0.738. The predicted molar refractivity (Wildman–Crippen MR) is 94.6 cm³/mol. The molecule has 0 bridgehead atoms. The van der Waals surface area contributed by atoms with Gasteiger partial charge in [-0.2, -0.15) is 0 Å². The molecule has 0 aromatic heterocycles. The van der Waals surface area contributed by atoms with Crippen molar-refractivity contribution < 1.29 is 31.1 Å². The molecule has 1 amide bonds. The molecule has 11 heteroatoms. The van der Waals surface area contributed by atoms with E-state index in [1.165, 1.54) is 46.3 Å². The van der Waals surface area contributed by atoms with Crippen molar-refractivity contribution in [2.45, 2.75) is 25.0 Å². The van der Waals surface area contributed by atoms with Gasteiger partial charge in [-0.05, 0) is 30.7 Å². The van der Waals surface area contributed by atoms with Crippen LogP contribution in [0.3, 0.4) is 0 Å². The summed E-state index contributed by atoms with van der Waals surface area (Å²) < 4.78 is 62.2. The number of sulfonamides is 2. The Labute approximate surface area is 153 Å². The van der Waals surface area contributed by atoms with Crippen molar-refractivity contribution in [1.29, 1.82) is 0 Å². The molecule has 1 saturated heterocycles. The summed E-state index contributed by atoms with van der Waals surface area (Å²) in [5.41, 5.74) is 0.436. The highest BCUT2D eigenvalue weighted by atomic mass is 32.2. The molecule has 1 aliphatic heterocycles. The van der Waals surface area contributed by atoms with Crippen LogP contribution in [0.25, 0.3) is 0 Å². The van der Waals surface area contributed by atoms with Gasteiger partial charge in [-0.1, -0.05) is 6.92 Å². The van der Waals surface area contributed by atoms with Crippen LogP contribution in [0, 0.1) is 12.8 Å². The van der Waals surface area contributed by atoms with E-state index in [2.05, 4.69) is 4.72 Å². The van der Waals surface area contributed by atoms with Crippen molar-refractivity contribution in [2.24, 2.45) is 5.92 Å². The lowest BCUT2D eigenvalue weighted by Gasteiger charge is -2.18. The van der Waals surface area contributed by atoms with E-state index in [0.717, 1.165) is 4.31 Å². The van der Waals surface area contributed by atoms with E-state index in [4.69, 9.17) is 9.47 Å². The smallest absolute Gasteiger partial charge is 0.244 e. The van der Waals surface area contributed by atoms with Crippen molar-refractivity contribution >= 4 is 31.6 Å². The highest BCUT2D eigenvalue weighted by Gasteiger charge is 2.42. The molecule has 1 N–H and O–H groups in total. The molecule has 1 fully saturated rings. The van der Waals surface area contributed by atoms with Crippen LogP contribution in [0.5, 0.6) is 0 Å². The summed E-state index contributed by atoms with van der Waals surface area (Å²) in [7, 11) is -4.84. The van der Waals surface area contributed by atoms with E-state index in [9.17, 15) is 21.6 Å². The summed E-state index contributed by atoms with van der Waals surface area (Å²) in [6.45, 7) is 2.98. The monoisotopic (exact) mass is 406 g/mol. The minimum Gasteiger partial charge on any atom is -0.355 e. The summed E-state index contributed by atoms with van der Waals surface area (Å²) in [6, 6.07) is 3.94. The molecule has 0 spiro atoms. The fourth-order valence-corrected chi connectivity index (χ4v) is 5.72. The Bertz CT molecular complexity index is 893. The van der Waals surface area contributed by atoms with Gasteiger partial charge in [0.15, 0.2) is 6.29 Å². The normalized spacial score (nSPS) is 20.1. The van der Waals surface area contributed by atoms with E-state index in [1.54, 1.807) is 0 Å². The SMILES string of the molecule is COC(CNS(=O)(=O)c1ccc(N2C(=O)C(C)CS2(=O)=O)cc1C)OC. The molecule has 1 aromatic carbocycles. The van der Waals surface area contributed by atoms with Gasteiger partial charge in [-0.15, -0.1) is 0 Å². The van der Waals surface area contributed by atoms with Gasteiger partial charge in [-0.25, -0.2) is 25.9 Å². The van der Waals surface area contributed by atoms with Crippen LogP contribution in [0.1, 0.15) is 12.5 Å². The standard InChI is InChI=1S/C15H22N2O7S2/c1-10-7-12(17-15(18)11(2)9-25(17,19)20)5-6-13(10)26(21,22)16-8-14(23-3)24-4/h5-7,11,14,16H,8-9H2,1-4H3. The van der Waals surface area contributed by atoms with Gasteiger partial charge in [0.05, 0.1) is 28.8 Å². The number of carbonyl (C=O) groups is 1. The maximum Gasteiger partial charge on any atom is 0.244 e. The van der Waals surface area contributed by atoms with Crippen LogP contribution in [0.2, 0.25) is 0 Å². The number of amides is 1. The first kappa shape index (κ1) is 20.8. The number of carbonyl (C=O) groups excluding carboxylic acids is 1. The van der Waals surface area contributed by atoms with Crippen LogP contribution in [0.15, 0.2) is 23.1 Å². The number of nitrogens with one attached hydrogen (secondary N) is 1. The molecule has 9 nitrogen and oxygen atoms in total. The van der Waals surface area contributed by atoms with Gasteiger partial charge in [0.25, 0.3) is 0 Å². The second-order valence-electron chi connectivity index (χ2n) is 5.98. The number of hydrogen-bond acceptors (Lipinski definition) is 7. The van der Waals surface area contributed by atoms with Gasteiger partial charge in [-0.3, -0.25) is 4.79 Å². The molecule has 0 aliphatic carbocycles. The van der Waals surface area contributed by atoms with Gasteiger partial charge < -0.3 is 9.47 Å². The Morgan fingerprint density at radius 2 is 1.92 bits per heavy atom. The first-order valence-electron chi connectivity index (χ1n) is 7.76. The lowest BCUT2D eigenvalue weighted by atomic mass is 10.2. The Morgan fingerprint density at radius 1 is 1.31 bits per heavy atom. The molecule has 1 atom stereocenters. The van der Waals surface area contributed by atoms with Gasteiger partial charge in [0, 0.05) is 14.2 Å². The Hall–Kier alpha value is -1.53. The molecular formula is C15H22N2O7S2. The number of benzene rings is 1. The second kappa shape index (κ2) is 7.61. The molecule has 0 radical (unpaired) electrons. The zero-order chi connectivity index (χ0) is 19.7. The van der Waals surface area contributed by atoms with E-state index in [1.807, 2.05) is 0 Å². The summed E-state index contributed by atoms with van der Waals surface area (Å²) in [5.74, 6) is -1.42. The first-order chi connectivity index (χ1) is 12.0. The highest BCUT2D eigenvalue weighted by Crippen LogP contribution is 2.30. The third-order valence-corrected chi connectivity index (χ3v) is 7.46. The maximum atomic E-state index is 12.4. The van der Waals surface area contributed by atoms with Crippen molar-refractivity contribution in [1.82, 2.24) is 4.72 Å². The quantitative estimate of drug-likeness (QED) is 0.643. The third-order valence-electron chi connectivity index (χ3n) is 4.01. The minimum atomic E-state index is -3.86. The van der Waals surface area contributed by atoms with Crippen LogP contribution < -0.4 is 9.03 Å². The van der Waals surface area contributed by atoms with Crippen LogP contribution >= 0.6 is 0 Å². The molecule has 1 unspecified atom stereocenters. The number of hydrogen-bond donors (Lipinski definition) is 1. The summed E-state index contributed by atoms with van der Waals surface area (Å²) in [5, 5.41) is 0. The molecule has 2 rings (SSSR count). The van der Waals surface area contributed by atoms with Gasteiger partial charge in [0.2, 0.25) is 26.0 Å². The lowest BCUT2D eigenvalue weighted by Crippen LogP contribution is -2.34. The fourth-order valence-electron chi connectivity index (χ4n) is 2.67. The Kier molecular flexibility index (Phi) is 6.08. The number of rotatable bonds is 7. The van der Waals surface area contributed by atoms with Crippen LogP contribution in [0.4, 0.5) is 5.69 Å². The number of aryl methyl sites for hydroxylation is 1. The average molecular weight is 406 g/mol. The van der Waals surface area contributed by atoms with Gasteiger partial charge in [0.1, 0.15) is 0 Å². The largest absolute Gasteiger partial charge is 0.355 e. The molecule has 1 aliphatic rings. The average Bonchev–Trinajstić information content (AvgIpc) is 2.75. The van der Waals surface area contributed by atoms with E-state index in [-0.39, 0.29) is 22.9 Å². The number of ether oxygens (including phenoxy) is 2. The topological polar surface area (TPSA) is 119 Å². The summed E-state index contributed by atoms with van der Waals surface area (Å²) in [4.78, 5) is 12.1. The van der Waals surface area contributed by atoms with E-state index < -0.39 is 38.2 Å². The number of nitrogens with zero attached hydrogens (tertiary/aromatic N) is 1. The van der Waals surface area contributed by atoms with E-state index in [0.29, 0.717) is 5.56 Å². The van der Waals surface area contributed by atoms with Gasteiger partial charge >= 0.3 is 0 Å². The van der Waals surface area contributed by atoms with Crippen molar-refractivity contribution in [3.05, 3.63) is 23.8 Å². The molecule has 0 saturated carbocycles. The second-order valence-corrected chi connectivity index (χ2v) is 9.58. The summed E-state index contributed by atoms with van der Waals surface area (Å²) >= 11 is 0. The maximum absolute atomic E-state index is 12.4. The Morgan fingerprint density at radius 3 is 2.38 bits per heavy atom. The van der Waals surface area contributed by atoms with Crippen molar-refractivity contribution in [2.75, 3.05) is 30.8 Å². The molecule has 1 heterocycles. The van der Waals surface area contributed by atoms with Crippen molar-refractivity contribution in [3.63, 3.8) is 0 Å². The van der Waals surface area contributed by atoms with Crippen LogP contribution in [-0.4, -0.2) is 55.6 Å². The van der Waals surface area contributed by atoms with Crippen molar-refractivity contribution in [3.8, 4) is 0 Å². The number of methoxy groups -OCH3 is 2. The highest BCUT2D eigenvalue weighted by molar-refractivity contribution is 7.94. The first-order valence-corrected chi connectivity index (χ1v) is 10.9. The Balaban J connectivity index is 2.31.